The molecule has 0 radical (unpaired) electrons. The van der Waals surface area contributed by atoms with Gasteiger partial charge >= 0.3 is 0 Å². The van der Waals surface area contributed by atoms with Crippen LogP contribution in [-0.4, -0.2) is 26.6 Å². The molecular weight excluding hydrogens is 266 g/mol. The first kappa shape index (κ1) is 15.5. The van der Waals surface area contributed by atoms with Crippen molar-refractivity contribution in [1.82, 2.24) is 0 Å². The molecule has 19 heavy (non-hydrogen) atoms. The molecule has 1 rings (SSSR count). The number of sulfonamides is 1. The van der Waals surface area contributed by atoms with E-state index in [9.17, 15) is 13.2 Å². The third-order valence-corrected chi connectivity index (χ3v) is 3.05. The van der Waals surface area contributed by atoms with Crippen LogP contribution in [0.1, 0.15) is 19.8 Å². The summed E-state index contributed by atoms with van der Waals surface area (Å²) >= 11 is 0. The fourth-order valence-electron chi connectivity index (χ4n) is 1.43. The maximum Gasteiger partial charge on any atom is 0.229 e. The van der Waals surface area contributed by atoms with Gasteiger partial charge in [-0.3, -0.25) is 9.52 Å². The molecule has 0 fully saturated rings. The Hall–Kier alpha value is -1.60. The minimum absolute atomic E-state index is 0.147. The summed E-state index contributed by atoms with van der Waals surface area (Å²) in [6.45, 7) is 1.92. The first-order valence-corrected chi connectivity index (χ1v) is 7.82. The Balaban J connectivity index is 2.60. The summed E-state index contributed by atoms with van der Waals surface area (Å²) in [5, 5.41) is 2.70. The second-order valence-electron chi connectivity index (χ2n) is 4.37. The van der Waals surface area contributed by atoms with Crippen LogP contribution in [0.4, 0.5) is 11.4 Å². The summed E-state index contributed by atoms with van der Waals surface area (Å²) in [5.41, 5.74) is 6.74. The van der Waals surface area contributed by atoms with Gasteiger partial charge in [-0.15, -0.1) is 0 Å². The molecule has 0 spiro atoms. The number of anilines is 2. The van der Waals surface area contributed by atoms with Crippen LogP contribution in [0.25, 0.3) is 0 Å². The van der Waals surface area contributed by atoms with Gasteiger partial charge in [-0.25, -0.2) is 8.42 Å². The molecule has 1 amide bonds. The highest BCUT2D eigenvalue weighted by atomic mass is 32.2. The zero-order valence-corrected chi connectivity index (χ0v) is 11.8. The number of amides is 1. The van der Waals surface area contributed by atoms with Crippen LogP contribution >= 0.6 is 0 Å². The predicted molar refractivity (Wildman–Crippen MR) is 76.4 cm³/mol. The van der Waals surface area contributed by atoms with Crippen molar-refractivity contribution in [3.63, 3.8) is 0 Å². The Kier molecular flexibility index (Phi) is 5.31. The molecule has 6 nitrogen and oxygen atoms in total. The van der Waals surface area contributed by atoms with E-state index < -0.39 is 10.0 Å². The zero-order valence-electron chi connectivity index (χ0n) is 11.0. The van der Waals surface area contributed by atoms with Gasteiger partial charge in [0.2, 0.25) is 15.9 Å². The smallest absolute Gasteiger partial charge is 0.229 e. The van der Waals surface area contributed by atoms with Crippen molar-refractivity contribution < 1.29 is 13.2 Å². The standard InChI is InChI=1S/C12H19N3O3S/c1-3-9(13)8-12(16)14-10-4-6-11(7-5-10)15-19(2,17)18/h4-7,9,15H,3,8,13H2,1-2H3,(H,14,16). The Labute approximate surface area is 113 Å². The van der Waals surface area contributed by atoms with Crippen LogP contribution in [-0.2, 0) is 14.8 Å². The Morgan fingerprint density at radius 3 is 2.26 bits per heavy atom. The molecule has 4 N–H and O–H groups in total. The average Bonchev–Trinajstić information content (AvgIpc) is 2.29. The van der Waals surface area contributed by atoms with E-state index in [1.54, 1.807) is 24.3 Å². The van der Waals surface area contributed by atoms with Crippen LogP contribution in [0.15, 0.2) is 24.3 Å². The predicted octanol–water partition coefficient (Wildman–Crippen LogP) is 1.12. The van der Waals surface area contributed by atoms with Gasteiger partial charge in [0.25, 0.3) is 0 Å². The van der Waals surface area contributed by atoms with Crippen LogP contribution in [0.3, 0.4) is 0 Å². The van der Waals surface area contributed by atoms with Gasteiger partial charge in [0.05, 0.1) is 6.26 Å². The summed E-state index contributed by atoms with van der Waals surface area (Å²) in [4.78, 5) is 11.6. The summed E-state index contributed by atoms with van der Waals surface area (Å²) in [6, 6.07) is 6.27. The van der Waals surface area contributed by atoms with Crippen molar-refractivity contribution in [2.75, 3.05) is 16.3 Å². The number of hydrogen-bond donors (Lipinski definition) is 3. The van der Waals surface area contributed by atoms with Crippen LogP contribution in [0, 0.1) is 0 Å². The van der Waals surface area contributed by atoms with Crippen LogP contribution in [0.2, 0.25) is 0 Å². The number of carbonyl (C=O) groups is 1. The highest BCUT2D eigenvalue weighted by Crippen LogP contribution is 2.14. The molecule has 1 unspecified atom stereocenters. The molecule has 0 heterocycles. The quantitative estimate of drug-likeness (QED) is 0.729. The van der Waals surface area contributed by atoms with E-state index in [0.29, 0.717) is 11.4 Å². The molecule has 106 valence electrons. The van der Waals surface area contributed by atoms with Gasteiger partial charge in [-0.1, -0.05) is 6.92 Å². The molecule has 1 aromatic carbocycles. The lowest BCUT2D eigenvalue weighted by Crippen LogP contribution is -2.26. The number of nitrogens with two attached hydrogens (primary N) is 1. The topological polar surface area (TPSA) is 101 Å². The molecule has 7 heteroatoms. The normalized spacial score (nSPS) is 12.8. The minimum Gasteiger partial charge on any atom is -0.327 e. The minimum atomic E-state index is -3.29. The second kappa shape index (κ2) is 6.53. The Morgan fingerprint density at radius 2 is 1.79 bits per heavy atom. The highest BCUT2D eigenvalue weighted by Gasteiger charge is 2.08. The lowest BCUT2D eigenvalue weighted by atomic mass is 10.1. The van der Waals surface area contributed by atoms with Gasteiger partial charge in [0.1, 0.15) is 0 Å². The number of rotatable bonds is 6. The first-order valence-electron chi connectivity index (χ1n) is 5.93. The fraction of sp³-hybridized carbons (Fsp3) is 0.417. The van der Waals surface area contributed by atoms with E-state index in [1.165, 1.54) is 0 Å². The molecule has 0 aliphatic heterocycles. The summed E-state index contributed by atoms with van der Waals surface area (Å²) < 4.78 is 24.4. The Morgan fingerprint density at radius 1 is 1.26 bits per heavy atom. The molecular formula is C12H19N3O3S. The van der Waals surface area contributed by atoms with E-state index in [2.05, 4.69) is 10.0 Å². The van der Waals surface area contributed by atoms with E-state index >= 15 is 0 Å². The van der Waals surface area contributed by atoms with Gasteiger partial charge in [-0.2, -0.15) is 0 Å². The zero-order chi connectivity index (χ0) is 14.5. The number of benzene rings is 1. The molecule has 1 aromatic rings. The second-order valence-corrected chi connectivity index (χ2v) is 6.12. The summed E-state index contributed by atoms with van der Waals surface area (Å²) in [7, 11) is -3.29. The van der Waals surface area contributed by atoms with Crippen molar-refractivity contribution in [2.24, 2.45) is 5.73 Å². The van der Waals surface area contributed by atoms with Crippen molar-refractivity contribution in [2.45, 2.75) is 25.8 Å². The van der Waals surface area contributed by atoms with Gasteiger partial charge in [0.15, 0.2) is 0 Å². The third kappa shape index (κ3) is 6.21. The molecule has 0 aromatic heterocycles. The SMILES string of the molecule is CCC(N)CC(=O)Nc1ccc(NS(C)(=O)=O)cc1. The van der Waals surface area contributed by atoms with Crippen molar-refractivity contribution in [1.29, 1.82) is 0 Å². The lowest BCUT2D eigenvalue weighted by Gasteiger charge is -2.10. The van der Waals surface area contributed by atoms with E-state index in [4.69, 9.17) is 5.73 Å². The van der Waals surface area contributed by atoms with Crippen LogP contribution in [0.5, 0.6) is 0 Å². The molecule has 0 aliphatic carbocycles. The number of hydrogen-bond acceptors (Lipinski definition) is 4. The number of nitrogens with one attached hydrogen (secondary N) is 2. The largest absolute Gasteiger partial charge is 0.327 e. The average molecular weight is 285 g/mol. The molecule has 1 atom stereocenters. The van der Waals surface area contributed by atoms with Crippen molar-refractivity contribution in [3.8, 4) is 0 Å². The first-order chi connectivity index (χ1) is 8.80. The molecule has 0 aliphatic rings. The van der Waals surface area contributed by atoms with Gasteiger partial charge in [0, 0.05) is 23.8 Å². The summed E-state index contributed by atoms with van der Waals surface area (Å²) in [6.07, 6.45) is 2.08. The van der Waals surface area contributed by atoms with Crippen molar-refractivity contribution in [3.05, 3.63) is 24.3 Å². The van der Waals surface area contributed by atoms with E-state index in [1.807, 2.05) is 6.92 Å². The van der Waals surface area contributed by atoms with E-state index in [-0.39, 0.29) is 18.4 Å². The van der Waals surface area contributed by atoms with E-state index in [0.717, 1.165) is 12.7 Å². The number of carbonyl (C=O) groups excluding carboxylic acids is 1. The highest BCUT2D eigenvalue weighted by molar-refractivity contribution is 7.92. The maximum atomic E-state index is 11.6. The molecule has 0 saturated carbocycles. The van der Waals surface area contributed by atoms with Crippen LogP contribution < -0.4 is 15.8 Å². The van der Waals surface area contributed by atoms with Gasteiger partial charge < -0.3 is 11.1 Å². The molecule has 0 saturated heterocycles. The molecule has 0 bridgehead atoms. The fourth-order valence-corrected chi connectivity index (χ4v) is 1.99. The monoisotopic (exact) mass is 285 g/mol. The van der Waals surface area contributed by atoms with Gasteiger partial charge in [-0.05, 0) is 30.7 Å². The van der Waals surface area contributed by atoms with Crippen molar-refractivity contribution >= 4 is 27.3 Å². The third-order valence-electron chi connectivity index (χ3n) is 2.44. The summed E-state index contributed by atoms with van der Waals surface area (Å²) in [5.74, 6) is -0.154. The lowest BCUT2D eigenvalue weighted by molar-refractivity contribution is -0.116. The maximum absolute atomic E-state index is 11.6. The Bertz CT molecular complexity index is 526.